The molecule has 3 heterocycles. The number of carbonyl (C=O) groups is 2. The summed E-state index contributed by atoms with van der Waals surface area (Å²) in [7, 11) is 0. The highest BCUT2D eigenvalue weighted by Crippen LogP contribution is 2.33. The monoisotopic (exact) mass is 487 g/mol. The summed E-state index contributed by atoms with van der Waals surface area (Å²) in [6, 6.07) is 14.3. The van der Waals surface area contributed by atoms with Crippen LogP contribution in [0, 0.1) is 6.92 Å². The van der Waals surface area contributed by atoms with Crippen molar-refractivity contribution in [3.05, 3.63) is 64.8 Å². The number of pyridine rings is 1. The van der Waals surface area contributed by atoms with E-state index in [1.807, 2.05) is 50.8 Å². The molecule has 0 spiro atoms. The fourth-order valence-corrected chi connectivity index (χ4v) is 4.88. The molecule has 7 heteroatoms. The molecule has 1 aromatic heterocycles. The lowest BCUT2D eigenvalue weighted by Gasteiger charge is -2.31. The van der Waals surface area contributed by atoms with Crippen LogP contribution in [-0.2, 0) is 22.4 Å². The highest BCUT2D eigenvalue weighted by atomic mass is 16.6. The maximum atomic E-state index is 13.1. The molecular formula is C29H33N3O4. The molecule has 7 nitrogen and oxygen atoms in total. The Morgan fingerprint density at radius 1 is 0.944 bits per heavy atom. The van der Waals surface area contributed by atoms with Crippen LogP contribution < -0.4 is 0 Å². The van der Waals surface area contributed by atoms with E-state index in [9.17, 15) is 9.59 Å². The zero-order chi connectivity index (χ0) is 25.4. The number of fused-ring (bicyclic) bond motifs is 2. The Labute approximate surface area is 212 Å². The first-order valence-electron chi connectivity index (χ1n) is 12.6. The van der Waals surface area contributed by atoms with Gasteiger partial charge in [0.05, 0.1) is 18.7 Å². The van der Waals surface area contributed by atoms with Crippen LogP contribution in [0.2, 0.25) is 0 Å². The first-order chi connectivity index (χ1) is 17.2. The molecule has 3 aromatic rings. The van der Waals surface area contributed by atoms with Crippen LogP contribution in [0.1, 0.15) is 48.0 Å². The van der Waals surface area contributed by atoms with Gasteiger partial charge in [-0.25, -0.2) is 4.79 Å². The van der Waals surface area contributed by atoms with Gasteiger partial charge in [0, 0.05) is 42.8 Å². The van der Waals surface area contributed by atoms with Crippen molar-refractivity contribution in [1.82, 2.24) is 14.8 Å². The number of amides is 2. The summed E-state index contributed by atoms with van der Waals surface area (Å²) in [5, 5.41) is 0.964. The van der Waals surface area contributed by atoms with Crippen LogP contribution in [0.4, 0.5) is 4.79 Å². The topological polar surface area (TPSA) is 72.0 Å². The predicted molar refractivity (Wildman–Crippen MR) is 139 cm³/mol. The van der Waals surface area contributed by atoms with Gasteiger partial charge in [0.25, 0.3) is 5.91 Å². The minimum Gasteiger partial charge on any atom is -0.444 e. The van der Waals surface area contributed by atoms with Crippen LogP contribution in [0.3, 0.4) is 0 Å². The molecule has 0 saturated carbocycles. The van der Waals surface area contributed by atoms with Gasteiger partial charge in [-0.1, -0.05) is 18.2 Å². The summed E-state index contributed by atoms with van der Waals surface area (Å²) < 4.78 is 11.0. The third-order valence-corrected chi connectivity index (χ3v) is 6.66. The van der Waals surface area contributed by atoms with E-state index in [0.717, 1.165) is 39.7 Å². The Hall–Kier alpha value is -3.45. The third kappa shape index (κ3) is 5.07. The zero-order valence-corrected chi connectivity index (χ0v) is 21.5. The molecule has 0 radical (unpaired) electrons. The minimum atomic E-state index is -0.510. The Kier molecular flexibility index (Phi) is 6.43. The summed E-state index contributed by atoms with van der Waals surface area (Å²) in [6.07, 6.45) is 0.496. The van der Waals surface area contributed by atoms with Crippen molar-refractivity contribution in [3.8, 4) is 11.1 Å². The summed E-state index contributed by atoms with van der Waals surface area (Å²) >= 11 is 0. The van der Waals surface area contributed by atoms with E-state index in [2.05, 4.69) is 24.3 Å². The number of nitrogens with zero attached hydrogens (tertiary/aromatic N) is 3. The van der Waals surface area contributed by atoms with Gasteiger partial charge in [-0.05, 0) is 80.6 Å². The Morgan fingerprint density at radius 3 is 2.47 bits per heavy atom. The van der Waals surface area contributed by atoms with Gasteiger partial charge in [0.2, 0.25) is 0 Å². The minimum absolute atomic E-state index is 0.0272. The number of carbonyl (C=O) groups excluding carboxylic acids is 2. The molecule has 2 aliphatic heterocycles. The largest absolute Gasteiger partial charge is 0.444 e. The fourth-order valence-electron chi connectivity index (χ4n) is 4.88. The van der Waals surface area contributed by atoms with Crippen molar-refractivity contribution in [3.63, 3.8) is 0 Å². The molecule has 0 aliphatic carbocycles. The second-order valence-electron chi connectivity index (χ2n) is 10.6. The van der Waals surface area contributed by atoms with Gasteiger partial charge in [-0.2, -0.15) is 0 Å². The molecule has 5 rings (SSSR count). The van der Waals surface area contributed by atoms with Gasteiger partial charge in [-0.15, -0.1) is 0 Å². The maximum absolute atomic E-state index is 13.1. The summed E-state index contributed by atoms with van der Waals surface area (Å²) in [6.45, 7) is 11.2. The van der Waals surface area contributed by atoms with Crippen LogP contribution in [-0.4, -0.2) is 65.2 Å². The van der Waals surface area contributed by atoms with Gasteiger partial charge in [0.1, 0.15) is 5.60 Å². The molecule has 0 atom stereocenters. The lowest BCUT2D eigenvalue weighted by Crippen LogP contribution is -2.40. The highest BCUT2D eigenvalue weighted by Gasteiger charge is 2.26. The standard InChI is InChI=1S/C29H33N3O4/c1-19-15-24(25-17-22(7-8-26(25)30-19)27(33)31-11-13-35-14-12-31)21-5-6-23-18-32(10-9-20(23)16-21)28(34)36-29(2,3)4/h5-8,15-17H,9-14,18H2,1-4H3. The Bertz CT molecular complexity index is 1320. The van der Waals surface area contributed by atoms with E-state index in [-0.39, 0.29) is 12.0 Å². The van der Waals surface area contributed by atoms with Crippen LogP contribution >= 0.6 is 0 Å². The van der Waals surface area contributed by atoms with Gasteiger partial charge >= 0.3 is 6.09 Å². The van der Waals surface area contributed by atoms with Gasteiger partial charge < -0.3 is 19.3 Å². The van der Waals surface area contributed by atoms with E-state index < -0.39 is 5.60 Å². The summed E-state index contributed by atoms with van der Waals surface area (Å²) in [5.74, 6) is 0.0272. The quantitative estimate of drug-likeness (QED) is 0.510. The normalized spacial score (nSPS) is 16.1. The number of aromatic nitrogens is 1. The number of benzene rings is 2. The zero-order valence-electron chi connectivity index (χ0n) is 21.5. The second kappa shape index (κ2) is 9.54. The van der Waals surface area contributed by atoms with E-state index in [0.29, 0.717) is 45.0 Å². The smallest absolute Gasteiger partial charge is 0.410 e. The van der Waals surface area contributed by atoms with E-state index in [1.54, 1.807) is 4.90 Å². The van der Waals surface area contributed by atoms with Crippen molar-refractivity contribution in [1.29, 1.82) is 0 Å². The molecule has 1 fully saturated rings. The number of ether oxygens (including phenoxy) is 2. The fraction of sp³-hybridized carbons (Fsp3) is 0.414. The first-order valence-corrected chi connectivity index (χ1v) is 12.6. The van der Waals surface area contributed by atoms with Crippen LogP contribution in [0.5, 0.6) is 0 Å². The van der Waals surface area contributed by atoms with E-state index >= 15 is 0 Å². The Balaban J connectivity index is 1.46. The highest BCUT2D eigenvalue weighted by molar-refractivity contribution is 6.02. The van der Waals surface area contributed by atoms with Crippen LogP contribution in [0.15, 0.2) is 42.5 Å². The van der Waals surface area contributed by atoms with Crippen molar-refractivity contribution in [2.75, 3.05) is 32.8 Å². The van der Waals surface area contributed by atoms with Crippen molar-refractivity contribution >= 4 is 22.9 Å². The average molecular weight is 488 g/mol. The molecule has 0 unspecified atom stereocenters. The number of hydrogen-bond acceptors (Lipinski definition) is 5. The molecule has 188 valence electrons. The van der Waals surface area contributed by atoms with Crippen molar-refractivity contribution in [2.24, 2.45) is 0 Å². The first kappa shape index (κ1) is 24.3. The van der Waals surface area contributed by atoms with Crippen molar-refractivity contribution < 1.29 is 19.1 Å². The summed E-state index contributed by atoms with van der Waals surface area (Å²) in [4.78, 5) is 34.0. The second-order valence-corrected chi connectivity index (χ2v) is 10.6. The number of aryl methyl sites for hydroxylation is 1. The number of morpholine rings is 1. The Morgan fingerprint density at radius 2 is 1.72 bits per heavy atom. The summed E-state index contributed by atoms with van der Waals surface area (Å²) in [5.41, 5.74) is 6.48. The molecule has 36 heavy (non-hydrogen) atoms. The molecule has 2 amide bonds. The lowest BCUT2D eigenvalue weighted by molar-refractivity contribution is 0.0224. The predicted octanol–water partition coefficient (Wildman–Crippen LogP) is 4.98. The average Bonchev–Trinajstić information content (AvgIpc) is 2.86. The molecule has 0 N–H and O–H groups in total. The SMILES string of the molecule is Cc1cc(-c2ccc3c(c2)CCN(C(=O)OC(C)(C)C)C3)c2cc(C(=O)N3CCOCC3)ccc2n1. The number of hydrogen-bond donors (Lipinski definition) is 0. The van der Waals surface area contributed by atoms with Crippen LogP contribution in [0.25, 0.3) is 22.0 Å². The molecule has 1 saturated heterocycles. The lowest BCUT2D eigenvalue weighted by atomic mass is 9.92. The number of rotatable bonds is 2. The molecule has 2 aromatic carbocycles. The van der Waals surface area contributed by atoms with Gasteiger partial charge in [-0.3, -0.25) is 9.78 Å². The molecular weight excluding hydrogens is 454 g/mol. The van der Waals surface area contributed by atoms with E-state index in [4.69, 9.17) is 14.5 Å². The third-order valence-electron chi connectivity index (χ3n) is 6.66. The maximum Gasteiger partial charge on any atom is 0.410 e. The molecule has 2 aliphatic rings. The van der Waals surface area contributed by atoms with E-state index in [1.165, 1.54) is 5.56 Å². The van der Waals surface area contributed by atoms with Crippen molar-refractivity contribution in [2.45, 2.75) is 46.3 Å². The van der Waals surface area contributed by atoms with Gasteiger partial charge in [0.15, 0.2) is 0 Å². The molecule has 0 bridgehead atoms.